The van der Waals surface area contributed by atoms with E-state index in [1.807, 2.05) is 27.7 Å². The van der Waals surface area contributed by atoms with Gasteiger partial charge < -0.3 is 29.3 Å². The molecule has 3 fully saturated rings. The lowest BCUT2D eigenvalue weighted by Crippen LogP contribution is -2.44. The molecular weight excluding hydrogens is 387 g/mol. The molecule has 4 rings (SSSR count). The van der Waals surface area contributed by atoms with E-state index in [4.69, 9.17) is 14.4 Å². The zero-order chi connectivity index (χ0) is 21.7. The minimum absolute atomic E-state index is 0.0926. The van der Waals surface area contributed by atoms with Crippen LogP contribution in [-0.2, 0) is 14.1 Å². The van der Waals surface area contributed by atoms with E-state index in [1.54, 1.807) is 17.3 Å². The highest BCUT2D eigenvalue weighted by Crippen LogP contribution is 2.37. The minimum Gasteiger partial charge on any atom is -0.399 e. The predicted molar refractivity (Wildman–Crippen MR) is 111 cm³/mol. The molecule has 10 heteroatoms. The standard InChI is InChI=1S/C20H31BN4O5/c1-19(2)20(3,4)30-21(29-19)13-9-22-18(23-10-13)25(14-5-6-14)15-7-8-24(11-15)17(28)16(27)12-26/h9-10,14-16,26-27H,5-8,11-12H2,1-4H3/t15-,16?/m0/s1. The third-order valence-corrected chi connectivity index (χ3v) is 6.68. The van der Waals surface area contributed by atoms with Crippen LogP contribution >= 0.6 is 0 Å². The zero-order valence-electron chi connectivity index (χ0n) is 18.1. The zero-order valence-corrected chi connectivity index (χ0v) is 18.1. The van der Waals surface area contributed by atoms with Crippen molar-refractivity contribution in [2.24, 2.45) is 0 Å². The van der Waals surface area contributed by atoms with E-state index in [9.17, 15) is 9.90 Å². The molecule has 1 amide bonds. The molecule has 2 atom stereocenters. The summed E-state index contributed by atoms with van der Waals surface area (Å²) < 4.78 is 12.2. The Labute approximate surface area is 177 Å². The van der Waals surface area contributed by atoms with E-state index < -0.39 is 36.9 Å². The second kappa shape index (κ2) is 7.74. The Bertz CT molecular complexity index is 770. The van der Waals surface area contributed by atoms with E-state index in [0.29, 0.717) is 25.1 Å². The molecule has 3 aliphatic rings. The van der Waals surface area contributed by atoms with E-state index in [-0.39, 0.29) is 6.04 Å². The van der Waals surface area contributed by atoms with Crippen molar-refractivity contribution < 1.29 is 24.3 Å². The van der Waals surface area contributed by atoms with Crippen molar-refractivity contribution in [3.63, 3.8) is 0 Å². The molecule has 1 saturated carbocycles. The molecule has 3 heterocycles. The second-order valence-corrected chi connectivity index (χ2v) is 9.47. The highest BCUT2D eigenvalue weighted by molar-refractivity contribution is 6.61. The Morgan fingerprint density at radius 2 is 1.80 bits per heavy atom. The Balaban J connectivity index is 1.47. The van der Waals surface area contributed by atoms with Gasteiger partial charge in [-0.3, -0.25) is 4.79 Å². The summed E-state index contributed by atoms with van der Waals surface area (Å²) in [6, 6.07) is 0.463. The molecular formula is C20H31BN4O5. The predicted octanol–water partition coefficient (Wildman–Crippen LogP) is -0.301. The molecule has 2 N–H and O–H groups in total. The summed E-state index contributed by atoms with van der Waals surface area (Å²) in [6.45, 7) is 8.53. The Kier molecular flexibility index (Phi) is 5.55. The van der Waals surface area contributed by atoms with Gasteiger partial charge in [-0.2, -0.15) is 0 Å². The first-order chi connectivity index (χ1) is 14.1. The van der Waals surface area contributed by atoms with Crippen LogP contribution < -0.4 is 10.4 Å². The van der Waals surface area contributed by atoms with Crippen molar-refractivity contribution in [3.05, 3.63) is 12.4 Å². The number of hydrogen-bond acceptors (Lipinski definition) is 8. The number of carbonyl (C=O) groups is 1. The van der Waals surface area contributed by atoms with Gasteiger partial charge in [0.1, 0.15) is 0 Å². The number of nitrogens with zero attached hydrogens (tertiary/aromatic N) is 4. The van der Waals surface area contributed by atoms with Crippen LogP contribution in [0.1, 0.15) is 47.0 Å². The highest BCUT2D eigenvalue weighted by Gasteiger charge is 2.52. The van der Waals surface area contributed by atoms with E-state index in [2.05, 4.69) is 14.9 Å². The van der Waals surface area contributed by atoms with Gasteiger partial charge in [-0.1, -0.05) is 0 Å². The SMILES string of the molecule is CC1(C)OB(c2cnc(N(C3CC3)[C@H]3CCN(C(=O)C(O)CO)C3)nc2)OC1(C)C. The van der Waals surface area contributed by atoms with Gasteiger partial charge in [0.05, 0.1) is 23.9 Å². The average molecular weight is 418 g/mol. The van der Waals surface area contributed by atoms with Crippen molar-refractivity contribution in [1.82, 2.24) is 14.9 Å². The van der Waals surface area contributed by atoms with Crippen LogP contribution in [0.2, 0.25) is 0 Å². The second-order valence-electron chi connectivity index (χ2n) is 9.47. The van der Waals surface area contributed by atoms with Crippen molar-refractivity contribution in [1.29, 1.82) is 0 Å². The number of hydrogen-bond donors (Lipinski definition) is 2. The molecule has 1 aromatic heterocycles. The lowest BCUT2D eigenvalue weighted by atomic mass is 9.81. The fourth-order valence-corrected chi connectivity index (χ4v) is 4.00. The lowest BCUT2D eigenvalue weighted by Gasteiger charge is -2.32. The maximum atomic E-state index is 12.2. The Morgan fingerprint density at radius 3 is 2.33 bits per heavy atom. The van der Waals surface area contributed by atoms with Crippen LogP contribution in [-0.4, -0.2) is 87.2 Å². The highest BCUT2D eigenvalue weighted by atomic mass is 16.7. The molecule has 0 radical (unpaired) electrons. The number of likely N-dealkylation sites (tertiary alicyclic amines) is 1. The summed E-state index contributed by atoms with van der Waals surface area (Å²) in [5.74, 6) is 0.215. The molecule has 2 saturated heterocycles. The molecule has 2 aliphatic heterocycles. The molecule has 1 aromatic rings. The van der Waals surface area contributed by atoms with E-state index >= 15 is 0 Å². The van der Waals surface area contributed by atoms with Gasteiger partial charge >= 0.3 is 7.12 Å². The maximum absolute atomic E-state index is 12.2. The van der Waals surface area contributed by atoms with Gasteiger partial charge in [0.25, 0.3) is 5.91 Å². The van der Waals surface area contributed by atoms with Crippen molar-refractivity contribution in [2.75, 3.05) is 24.6 Å². The van der Waals surface area contributed by atoms with Crippen LogP contribution in [0.3, 0.4) is 0 Å². The number of amides is 1. The first kappa shape index (κ1) is 21.5. The third-order valence-electron chi connectivity index (χ3n) is 6.68. The van der Waals surface area contributed by atoms with Gasteiger partial charge in [-0.25, -0.2) is 9.97 Å². The molecule has 9 nitrogen and oxygen atoms in total. The summed E-state index contributed by atoms with van der Waals surface area (Å²) in [5.41, 5.74) is -0.0625. The maximum Gasteiger partial charge on any atom is 0.498 e. The fourth-order valence-electron chi connectivity index (χ4n) is 4.00. The van der Waals surface area contributed by atoms with Gasteiger partial charge in [-0.15, -0.1) is 0 Å². The lowest BCUT2D eigenvalue weighted by molar-refractivity contribution is -0.141. The summed E-state index contributed by atoms with van der Waals surface area (Å²) in [4.78, 5) is 25.2. The number of aliphatic hydroxyl groups is 2. The van der Waals surface area contributed by atoms with Gasteiger partial charge in [0.15, 0.2) is 6.10 Å². The summed E-state index contributed by atoms with van der Waals surface area (Å²) >= 11 is 0. The van der Waals surface area contributed by atoms with Crippen molar-refractivity contribution >= 4 is 24.4 Å². The summed E-state index contributed by atoms with van der Waals surface area (Å²) in [7, 11) is -0.502. The molecule has 1 unspecified atom stereocenters. The fraction of sp³-hybridized carbons (Fsp3) is 0.750. The van der Waals surface area contributed by atoms with E-state index in [1.165, 1.54) is 0 Å². The van der Waals surface area contributed by atoms with Crippen molar-refractivity contribution in [2.45, 2.75) is 76.3 Å². The molecule has 164 valence electrons. The first-order valence-electron chi connectivity index (χ1n) is 10.7. The first-order valence-corrected chi connectivity index (χ1v) is 10.7. The number of rotatable bonds is 6. The molecule has 1 aliphatic carbocycles. The van der Waals surface area contributed by atoms with E-state index in [0.717, 1.165) is 24.7 Å². The Hall–Kier alpha value is -1.75. The number of anilines is 1. The average Bonchev–Trinajstić information content (AvgIpc) is 3.36. The van der Waals surface area contributed by atoms with Gasteiger partial charge in [0.2, 0.25) is 5.95 Å². The number of carbonyl (C=O) groups excluding carboxylic acids is 1. The van der Waals surface area contributed by atoms with Crippen LogP contribution in [0.4, 0.5) is 5.95 Å². The molecule has 0 bridgehead atoms. The number of aromatic nitrogens is 2. The molecule has 0 spiro atoms. The Morgan fingerprint density at radius 1 is 1.20 bits per heavy atom. The smallest absolute Gasteiger partial charge is 0.399 e. The quantitative estimate of drug-likeness (QED) is 0.607. The van der Waals surface area contributed by atoms with Gasteiger partial charge in [0, 0.05) is 37.0 Å². The van der Waals surface area contributed by atoms with Crippen LogP contribution in [0, 0.1) is 0 Å². The van der Waals surface area contributed by atoms with Crippen LogP contribution in [0.5, 0.6) is 0 Å². The monoisotopic (exact) mass is 418 g/mol. The summed E-state index contributed by atoms with van der Waals surface area (Å²) in [6.07, 6.45) is 5.09. The van der Waals surface area contributed by atoms with Crippen LogP contribution in [0.15, 0.2) is 12.4 Å². The minimum atomic E-state index is -1.35. The largest absolute Gasteiger partial charge is 0.498 e. The molecule has 0 aromatic carbocycles. The number of aliphatic hydroxyl groups excluding tert-OH is 2. The van der Waals surface area contributed by atoms with Crippen LogP contribution in [0.25, 0.3) is 0 Å². The summed E-state index contributed by atoms with van der Waals surface area (Å²) in [5, 5.41) is 18.7. The third kappa shape index (κ3) is 3.93. The molecule has 30 heavy (non-hydrogen) atoms. The normalized spacial score (nSPS) is 26.1. The van der Waals surface area contributed by atoms with Gasteiger partial charge in [-0.05, 0) is 47.0 Å². The van der Waals surface area contributed by atoms with Crippen molar-refractivity contribution in [3.8, 4) is 0 Å². The topological polar surface area (TPSA) is 108 Å².